The normalized spacial score (nSPS) is 14.6. The summed E-state index contributed by atoms with van der Waals surface area (Å²) in [5.41, 5.74) is 0.952. The number of piperidine rings is 1. The molecule has 1 aliphatic heterocycles. The van der Waals surface area contributed by atoms with Crippen LogP contribution in [0.3, 0.4) is 0 Å². The molecule has 0 atom stereocenters. The molecular formula is C22H30ClN5O. The fourth-order valence-electron chi connectivity index (χ4n) is 3.58. The summed E-state index contributed by atoms with van der Waals surface area (Å²) in [5.74, 6) is 2.54. The van der Waals surface area contributed by atoms with E-state index in [-0.39, 0.29) is 5.91 Å². The van der Waals surface area contributed by atoms with Crippen molar-refractivity contribution in [1.29, 1.82) is 0 Å². The summed E-state index contributed by atoms with van der Waals surface area (Å²) in [7, 11) is 0. The summed E-state index contributed by atoms with van der Waals surface area (Å²) in [6, 6.07) is 9.63. The SMILES string of the molecule is CCCNc1cc(N2CCC(CCC(=O)NCc3ccccc3Cl)CC2)ncn1. The van der Waals surface area contributed by atoms with E-state index in [4.69, 9.17) is 11.6 Å². The first-order valence-electron chi connectivity index (χ1n) is 10.5. The maximum absolute atomic E-state index is 12.2. The number of carbonyl (C=O) groups excluding carboxylic acids is 1. The van der Waals surface area contributed by atoms with Crippen molar-refractivity contribution in [3.8, 4) is 0 Å². The van der Waals surface area contributed by atoms with Gasteiger partial charge in [0.1, 0.15) is 18.0 Å². The van der Waals surface area contributed by atoms with Crippen LogP contribution in [0.4, 0.5) is 11.6 Å². The summed E-state index contributed by atoms with van der Waals surface area (Å²) >= 11 is 6.14. The van der Waals surface area contributed by atoms with Gasteiger partial charge in [0.15, 0.2) is 0 Å². The molecule has 1 aromatic carbocycles. The van der Waals surface area contributed by atoms with E-state index < -0.39 is 0 Å². The molecule has 2 aromatic rings. The van der Waals surface area contributed by atoms with Gasteiger partial charge >= 0.3 is 0 Å². The van der Waals surface area contributed by atoms with Crippen LogP contribution >= 0.6 is 11.6 Å². The van der Waals surface area contributed by atoms with E-state index in [9.17, 15) is 4.79 Å². The first-order chi connectivity index (χ1) is 14.2. The molecule has 1 saturated heterocycles. The van der Waals surface area contributed by atoms with Crippen molar-refractivity contribution in [2.45, 2.75) is 45.6 Å². The Morgan fingerprint density at radius 2 is 2.03 bits per heavy atom. The highest BCUT2D eigenvalue weighted by Crippen LogP contribution is 2.25. The third kappa shape index (κ3) is 6.60. The lowest BCUT2D eigenvalue weighted by atomic mass is 9.92. The van der Waals surface area contributed by atoms with Gasteiger partial charge in [-0.25, -0.2) is 9.97 Å². The van der Waals surface area contributed by atoms with Crippen LogP contribution in [0.2, 0.25) is 5.02 Å². The van der Waals surface area contributed by atoms with E-state index in [1.807, 2.05) is 30.3 Å². The summed E-state index contributed by atoms with van der Waals surface area (Å²) in [6.07, 6.45) is 6.35. The van der Waals surface area contributed by atoms with Gasteiger partial charge in [0.05, 0.1) is 0 Å². The molecule has 0 unspecified atom stereocenters. The Morgan fingerprint density at radius 1 is 1.24 bits per heavy atom. The number of halogens is 1. The molecule has 2 heterocycles. The van der Waals surface area contributed by atoms with E-state index in [0.717, 1.165) is 62.5 Å². The van der Waals surface area contributed by atoms with Crippen LogP contribution < -0.4 is 15.5 Å². The van der Waals surface area contributed by atoms with Crippen LogP contribution in [-0.4, -0.2) is 35.5 Å². The van der Waals surface area contributed by atoms with Crippen molar-refractivity contribution in [2.24, 2.45) is 5.92 Å². The minimum absolute atomic E-state index is 0.0924. The van der Waals surface area contributed by atoms with Gasteiger partial charge in [-0.05, 0) is 43.2 Å². The summed E-state index contributed by atoms with van der Waals surface area (Å²) < 4.78 is 0. The van der Waals surface area contributed by atoms with Gasteiger partial charge in [-0.1, -0.05) is 36.7 Å². The summed E-state index contributed by atoms with van der Waals surface area (Å²) in [5, 5.41) is 6.98. The van der Waals surface area contributed by atoms with Crippen LogP contribution in [0.15, 0.2) is 36.7 Å². The lowest BCUT2D eigenvalue weighted by Crippen LogP contribution is -2.34. The van der Waals surface area contributed by atoms with Gasteiger partial charge in [0, 0.05) is 43.7 Å². The predicted octanol–water partition coefficient (Wildman–Crippen LogP) is 4.26. The molecule has 0 radical (unpaired) electrons. The van der Waals surface area contributed by atoms with E-state index in [1.54, 1.807) is 6.33 Å². The van der Waals surface area contributed by atoms with E-state index in [1.165, 1.54) is 0 Å². The monoisotopic (exact) mass is 415 g/mol. The van der Waals surface area contributed by atoms with E-state index >= 15 is 0 Å². The maximum Gasteiger partial charge on any atom is 0.220 e. The zero-order chi connectivity index (χ0) is 20.5. The number of nitrogens with one attached hydrogen (secondary N) is 2. The lowest BCUT2D eigenvalue weighted by Gasteiger charge is -2.32. The second kappa shape index (κ2) is 11.0. The first kappa shape index (κ1) is 21.4. The number of benzene rings is 1. The number of rotatable bonds is 9. The van der Waals surface area contributed by atoms with Crippen LogP contribution in [0.5, 0.6) is 0 Å². The van der Waals surface area contributed by atoms with Crippen molar-refractivity contribution in [2.75, 3.05) is 29.9 Å². The van der Waals surface area contributed by atoms with Crippen molar-refractivity contribution < 1.29 is 4.79 Å². The van der Waals surface area contributed by atoms with Gasteiger partial charge in [0.25, 0.3) is 0 Å². The number of carbonyl (C=O) groups is 1. The second-order valence-electron chi connectivity index (χ2n) is 7.53. The van der Waals surface area contributed by atoms with Crippen LogP contribution in [0, 0.1) is 5.92 Å². The molecule has 3 rings (SSSR count). The Kier molecular flexibility index (Phi) is 8.11. The topological polar surface area (TPSA) is 70.2 Å². The number of nitrogens with zero attached hydrogens (tertiary/aromatic N) is 3. The molecule has 156 valence electrons. The Balaban J connectivity index is 1.38. The standard InChI is InChI=1S/C22H30ClN5O/c1-2-11-24-20-14-21(27-16-26-20)28-12-9-17(10-13-28)7-8-22(29)25-15-18-5-3-4-6-19(18)23/h3-6,14,16-17H,2,7-13,15H2,1H3,(H,25,29)(H,24,26,27). The molecule has 0 saturated carbocycles. The molecule has 1 aliphatic rings. The van der Waals surface area contributed by atoms with Crippen LogP contribution in [-0.2, 0) is 11.3 Å². The minimum atomic E-state index is 0.0924. The molecular weight excluding hydrogens is 386 g/mol. The highest BCUT2D eigenvalue weighted by atomic mass is 35.5. The molecule has 0 bridgehead atoms. The fraction of sp³-hybridized carbons (Fsp3) is 0.500. The Bertz CT molecular complexity index is 792. The summed E-state index contributed by atoms with van der Waals surface area (Å²) in [4.78, 5) is 23.2. The van der Waals surface area contributed by atoms with E-state index in [0.29, 0.717) is 23.9 Å². The highest BCUT2D eigenvalue weighted by molar-refractivity contribution is 6.31. The zero-order valence-corrected chi connectivity index (χ0v) is 17.8. The molecule has 0 aliphatic carbocycles. The number of hydrogen-bond acceptors (Lipinski definition) is 5. The molecule has 1 fully saturated rings. The molecule has 1 amide bonds. The maximum atomic E-state index is 12.2. The third-order valence-corrected chi connectivity index (χ3v) is 5.73. The minimum Gasteiger partial charge on any atom is -0.370 e. The molecule has 29 heavy (non-hydrogen) atoms. The smallest absolute Gasteiger partial charge is 0.220 e. The van der Waals surface area contributed by atoms with Gasteiger partial charge in [0.2, 0.25) is 5.91 Å². The van der Waals surface area contributed by atoms with Crippen molar-refractivity contribution >= 4 is 29.1 Å². The van der Waals surface area contributed by atoms with E-state index in [2.05, 4.69) is 32.4 Å². The van der Waals surface area contributed by atoms with Crippen molar-refractivity contribution in [1.82, 2.24) is 15.3 Å². The Labute approximate surface area is 178 Å². The van der Waals surface area contributed by atoms with Crippen LogP contribution in [0.25, 0.3) is 0 Å². The van der Waals surface area contributed by atoms with Gasteiger partial charge in [-0.3, -0.25) is 4.79 Å². The number of aromatic nitrogens is 2. The molecule has 6 nitrogen and oxygen atoms in total. The number of anilines is 2. The number of hydrogen-bond donors (Lipinski definition) is 2. The number of amides is 1. The Morgan fingerprint density at radius 3 is 2.79 bits per heavy atom. The molecule has 0 spiro atoms. The zero-order valence-electron chi connectivity index (χ0n) is 17.0. The van der Waals surface area contributed by atoms with Gasteiger partial charge in [-0.15, -0.1) is 0 Å². The Hall–Kier alpha value is -2.34. The fourth-order valence-corrected chi connectivity index (χ4v) is 3.78. The van der Waals surface area contributed by atoms with Crippen molar-refractivity contribution in [3.63, 3.8) is 0 Å². The summed E-state index contributed by atoms with van der Waals surface area (Å²) in [6.45, 7) is 5.47. The molecule has 1 aromatic heterocycles. The predicted molar refractivity (Wildman–Crippen MR) is 118 cm³/mol. The molecule has 7 heteroatoms. The van der Waals surface area contributed by atoms with Gasteiger partial charge in [-0.2, -0.15) is 0 Å². The first-order valence-corrected chi connectivity index (χ1v) is 10.8. The largest absolute Gasteiger partial charge is 0.370 e. The van der Waals surface area contributed by atoms with Crippen LogP contribution in [0.1, 0.15) is 44.6 Å². The lowest BCUT2D eigenvalue weighted by molar-refractivity contribution is -0.121. The quantitative estimate of drug-likeness (QED) is 0.640. The van der Waals surface area contributed by atoms with Crippen molar-refractivity contribution in [3.05, 3.63) is 47.2 Å². The molecule has 2 N–H and O–H groups in total. The second-order valence-corrected chi connectivity index (χ2v) is 7.93. The van der Waals surface area contributed by atoms with Gasteiger partial charge < -0.3 is 15.5 Å². The average Bonchev–Trinajstić information content (AvgIpc) is 2.76. The average molecular weight is 416 g/mol. The highest BCUT2D eigenvalue weighted by Gasteiger charge is 2.21. The third-order valence-electron chi connectivity index (χ3n) is 5.36.